The highest BCUT2D eigenvalue weighted by molar-refractivity contribution is 6.04. The van der Waals surface area contributed by atoms with Crippen LogP contribution >= 0.6 is 0 Å². The summed E-state index contributed by atoms with van der Waals surface area (Å²) in [6.45, 7) is 0.625. The molecule has 2 N–H and O–H groups in total. The lowest BCUT2D eigenvalue weighted by Gasteiger charge is -2.22. The van der Waals surface area contributed by atoms with Crippen molar-refractivity contribution in [2.75, 3.05) is 6.61 Å². The lowest BCUT2D eigenvalue weighted by Crippen LogP contribution is -2.34. The molecule has 21 heavy (non-hydrogen) atoms. The third-order valence-corrected chi connectivity index (χ3v) is 3.33. The van der Waals surface area contributed by atoms with Gasteiger partial charge in [0.2, 0.25) is 0 Å². The van der Waals surface area contributed by atoms with Crippen LogP contribution < -0.4 is 11.0 Å². The van der Waals surface area contributed by atoms with E-state index in [1.807, 2.05) is 0 Å². The number of amides is 1. The largest absolute Gasteiger partial charge is 0.350 e. The van der Waals surface area contributed by atoms with Gasteiger partial charge in [0.25, 0.3) is 11.5 Å². The Balaban J connectivity index is 1.78. The number of hydrogen-bond donors (Lipinski definition) is 2. The van der Waals surface area contributed by atoms with Crippen molar-refractivity contribution >= 4 is 16.7 Å². The molecule has 1 aromatic heterocycles. The number of carbonyl (C=O) groups is 1. The number of rotatable bonds is 3. The van der Waals surface area contributed by atoms with Crippen LogP contribution in [0.25, 0.3) is 10.8 Å². The third-order valence-electron chi connectivity index (χ3n) is 3.33. The van der Waals surface area contributed by atoms with Crippen LogP contribution in [0.15, 0.2) is 29.1 Å². The Hall–Kier alpha value is -2.25. The zero-order valence-electron chi connectivity index (χ0n) is 11.3. The number of hydroxylamine groups is 1. The number of nitrogens with one attached hydrogen (secondary N) is 2. The number of H-pyrrole nitrogens is 1. The fraction of sp³-hybridized carbons (Fsp3) is 0.357. The second kappa shape index (κ2) is 6.02. The molecule has 0 radical (unpaired) electrons. The van der Waals surface area contributed by atoms with E-state index in [9.17, 15) is 9.59 Å². The molecule has 1 aliphatic rings. The number of benzene rings is 1. The first-order valence-electron chi connectivity index (χ1n) is 6.81. The minimum Gasteiger partial charge on any atom is -0.350 e. The van der Waals surface area contributed by atoms with Gasteiger partial charge in [-0.1, -0.05) is 18.2 Å². The second-order valence-corrected chi connectivity index (χ2v) is 4.79. The fourth-order valence-electron chi connectivity index (χ4n) is 2.26. The molecule has 1 fully saturated rings. The van der Waals surface area contributed by atoms with Crippen molar-refractivity contribution in [3.63, 3.8) is 0 Å². The summed E-state index contributed by atoms with van der Waals surface area (Å²) in [4.78, 5) is 29.0. The maximum Gasteiger partial charge on any atom is 0.296 e. The molecule has 1 aromatic carbocycles. The van der Waals surface area contributed by atoms with Crippen LogP contribution in [0, 0.1) is 0 Å². The van der Waals surface area contributed by atoms with Gasteiger partial charge in [0.15, 0.2) is 12.0 Å². The topological polar surface area (TPSA) is 93.3 Å². The quantitative estimate of drug-likeness (QED) is 0.826. The monoisotopic (exact) mass is 289 g/mol. The van der Waals surface area contributed by atoms with Gasteiger partial charge in [-0.2, -0.15) is 5.10 Å². The summed E-state index contributed by atoms with van der Waals surface area (Å²) in [6, 6.07) is 6.78. The maximum atomic E-state index is 12.1. The Kier molecular flexibility index (Phi) is 3.94. The Labute approximate surface area is 120 Å². The molecule has 7 nitrogen and oxygen atoms in total. The molecule has 1 amide bonds. The number of aromatic amines is 1. The molecule has 1 atom stereocenters. The molecule has 0 aliphatic carbocycles. The molecule has 7 heteroatoms. The summed E-state index contributed by atoms with van der Waals surface area (Å²) >= 11 is 0. The van der Waals surface area contributed by atoms with Gasteiger partial charge in [-0.25, -0.2) is 15.4 Å². The summed E-state index contributed by atoms with van der Waals surface area (Å²) in [5, 5.41) is 7.00. The van der Waals surface area contributed by atoms with Crippen molar-refractivity contribution in [1.29, 1.82) is 0 Å². The predicted molar refractivity (Wildman–Crippen MR) is 74.5 cm³/mol. The highest BCUT2D eigenvalue weighted by Gasteiger charge is 2.18. The van der Waals surface area contributed by atoms with Gasteiger partial charge in [0, 0.05) is 18.4 Å². The van der Waals surface area contributed by atoms with Crippen molar-refractivity contribution in [2.24, 2.45) is 0 Å². The molecule has 3 rings (SSSR count). The third kappa shape index (κ3) is 2.93. The normalized spacial score (nSPS) is 18.6. The Morgan fingerprint density at radius 2 is 2.14 bits per heavy atom. The molecule has 110 valence electrons. The SMILES string of the molecule is O=C(NO[C@H]1CCCCO1)c1n[nH]c(=O)c2ccccc12. The number of ether oxygens (including phenoxy) is 1. The first-order chi connectivity index (χ1) is 10.3. The van der Waals surface area contributed by atoms with E-state index in [0.29, 0.717) is 17.4 Å². The molecule has 0 unspecified atom stereocenters. The summed E-state index contributed by atoms with van der Waals surface area (Å²) in [5.74, 6) is -0.517. The van der Waals surface area contributed by atoms with Crippen molar-refractivity contribution in [3.8, 4) is 0 Å². The minimum absolute atomic E-state index is 0.112. The smallest absolute Gasteiger partial charge is 0.296 e. The van der Waals surface area contributed by atoms with Gasteiger partial charge >= 0.3 is 0 Å². The molecular weight excluding hydrogens is 274 g/mol. The molecule has 0 spiro atoms. The Morgan fingerprint density at radius 3 is 2.90 bits per heavy atom. The van der Waals surface area contributed by atoms with Crippen molar-refractivity contribution in [3.05, 3.63) is 40.3 Å². The van der Waals surface area contributed by atoms with E-state index in [-0.39, 0.29) is 11.3 Å². The zero-order valence-corrected chi connectivity index (χ0v) is 11.3. The van der Waals surface area contributed by atoms with Crippen LogP contribution in [-0.2, 0) is 9.57 Å². The molecule has 2 heterocycles. The summed E-state index contributed by atoms with van der Waals surface area (Å²) in [5.41, 5.74) is 2.11. The van der Waals surface area contributed by atoms with Crippen LogP contribution in [0.2, 0.25) is 0 Å². The first-order valence-corrected chi connectivity index (χ1v) is 6.81. The van der Waals surface area contributed by atoms with Gasteiger partial charge < -0.3 is 4.74 Å². The zero-order chi connectivity index (χ0) is 14.7. The summed E-state index contributed by atoms with van der Waals surface area (Å²) in [7, 11) is 0. The van der Waals surface area contributed by atoms with Crippen LogP contribution in [-0.4, -0.2) is 29.0 Å². The Morgan fingerprint density at radius 1 is 1.33 bits per heavy atom. The van der Waals surface area contributed by atoms with Gasteiger partial charge in [0.1, 0.15) is 0 Å². The summed E-state index contributed by atoms with van der Waals surface area (Å²) in [6.07, 6.45) is 2.30. The average molecular weight is 289 g/mol. The highest BCUT2D eigenvalue weighted by Crippen LogP contribution is 2.14. The summed E-state index contributed by atoms with van der Waals surface area (Å²) < 4.78 is 5.36. The number of nitrogens with zero attached hydrogens (tertiary/aromatic N) is 1. The van der Waals surface area contributed by atoms with Crippen molar-refractivity contribution < 1.29 is 14.4 Å². The Bertz CT molecular complexity index is 707. The van der Waals surface area contributed by atoms with E-state index < -0.39 is 12.2 Å². The van der Waals surface area contributed by atoms with E-state index in [1.165, 1.54) is 0 Å². The van der Waals surface area contributed by atoms with Gasteiger partial charge in [-0.3, -0.25) is 9.59 Å². The lowest BCUT2D eigenvalue weighted by molar-refractivity contribution is -0.186. The van der Waals surface area contributed by atoms with E-state index in [1.54, 1.807) is 24.3 Å². The molecule has 0 bridgehead atoms. The van der Waals surface area contributed by atoms with Gasteiger partial charge in [0.05, 0.1) is 5.39 Å². The predicted octanol–water partition coefficient (Wildman–Crippen LogP) is 1.11. The molecule has 2 aromatic rings. The number of fused-ring (bicyclic) bond motifs is 1. The first kappa shape index (κ1) is 13.7. The molecular formula is C14H15N3O4. The molecule has 0 saturated carbocycles. The fourth-order valence-corrected chi connectivity index (χ4v) is 2.26. The second-order valence-electron chi connectivity index (χ2n) is 4.79. The maximum absolute atomic E-state index is 12.1. The van der Waals surface area contributed by atoms with E-state index in [4.69, 9.17) is 9.57 Å². The van der Waals surface area contributed by atoms with Crippen LogP contribution in [0.1, 0.15) is 29.8 Å². The van der Waals surface area contributed by atoms with Gasteiger partial charge in [-0.05, 0) is 18.9 Å². The van der Waals surface area contributed by atoms with E-state index >= 15 is 0 Å². The van der Waals surface area contributed by atoms with Crippen molar-refractivity contribution in [2.45, 2.75) is 25.6 Å². The number of hydrogen-bond acceptors (Lipinski definition) is 5. The minimum atomic E-state index is -0.517. The molecule has 1 saturated heterocycles. The van der Waals surface area contributed by atoms with Crippen molar-refractivity contribution in [1.82, 2.24) is 15.7 Å². The number of carbonyl (C=O) groups excluding carboxylic acids is 1. The standard InChI is InChI=1S/C14H15N3O4/c18-13-10-6-2-1-5-9(10)12(15-16-13)14(19)17-21-11-7-3-4-8-20-11/h1-2,5-6,11H,3-4,7-8H2,(H,16,18)(H,17,19)/t11-/m0/s1. The van der Waals surface area contributed by atoms with E-state index in [2.05, 4.69) is 15.7 Å². The van der Waals surface area contributed by atoms with Crippen LogP contribution in [0.5, 0.6) is 0 Å². The number of aromatic nitrogens is 2. The highest BCUT2D eigenvalue weighted by atomic mass is 16.8. The molecule has 1 aliphatic heterocycles. The van der Waals surface area contributed by atoms with E-state index in [0.717, 1.165) is 19.3 Å². The van der Waals surface area contributed by atoms with Crippen LogP contribution in [0.3, 0.4) is 0 Å². The lowest BCUT2D eigenvalue weighted by atomic mass is 10.1. The van der Waals surface area contributed by atoms with Crippen LogP contribution in [0.4, 0.5) is 0 Å². The average Bonchev–Trinajstić information content (AvgIpc) is 2.54. The van der Waals surface area contributed by atoms with Gasteiger partial charge in [-0.15, -0.1) is 0 Å².